The fourth-order valence-electron chi connectivity index (χ4n) is 15.2. The van der Waals surface area contributed by atoms with E-state index >= 15 is 14.4 Å². The zero-order valence-corrected chi connectivity index (χ0v) is 62.1. The maximum atomic E-state index is 15.5. The second-order valence-corrected chi connectivity index (χ2v) is 28.8. The molecule has 4 aliphatic carbocycles. The SMILES string of the molecule is CCCCOCC(Cn1ccc(=O)c(OCCCC)c1C(=O)NCC12CC3(CN)CC(CNC(=O)c4c(OCCCC)c(=O)ccn4CC(COCCCC)OCCCC)(C1)CC(CNC(=O)c1c(OCCCC)c(=O)ccn1CC(COCCCC)OCCCC)(C3)C2)OCCCC. The van der Waals surface area contributed by atoms with E-state index in [1.165, 1.54) is 18.2 Å². The summed E-state index contributed by atoms with van der Waals surface area (Å²) in [5, 5.41) is 10.2. The maximum Gasteiger partial charge on any atom is 0.271 e. The largest absolute Gasteiger partial charge is 0.487 e. The van der Waals surface area contributed by atoms with Gasteiger partial charge in [0.1, 0.15) is 0 Å². The Bertz CT molecular complexity index is 2750. The topological polar surface area (TPSA) is 262 Å². The number of rotatable bonds is 55. The van der Waals surface area contributed by atoms with Gasteiger partial charge in [-0.05, 0) is 125 Å². The number of ether oxygens (including phenoxy) is 9. The van der Waals surface area contributed by atoms with Crippen molar-refractivity contribution in [2.24, 2.45) is 27.4 Å². The first-order valence-corrected chi connectivity index (χ1v) is 38.2. The second kappa shape index (κ2) is 43.4. The quantitative estimate of drug-likeness (QED) is 0.0383. The molecule has 22 heteroatoms. The van der Waals surface area contributed by atoms with E-state index in [0.29, 0.717) is 117 Å². The lowest BCUT2D eigenvalue weighted by molar-refractivity contribution is -0.192. The average molecular weight is 1390 g/mol. The summed E-state index contributed by atoms with van der Waals surface area (Å²) in [6.07, 6.45) is 22.5. The molecule has 0 aliphatic heterocycles. The molecule has 0 saturated heterocycles. The molecule has 3 unspecified atom stereocenters. The number of carbonyl (C=O) groups is 3. The van der Waals surface area contributed by atoms with E-state index < -0.39 is 74.0 Å². The van der Waals surface area contributed by atoms with Crippen LogP contribution in [0.3, 0.4) is 0 Å². The van der Waals surface area contributed by atoms with E-state index in [2.05, 4.69) is 57.5 Å². The number of hydrogen-bond donors (Lipinski definition) is 4. The molecule has 4 aliphatic rings. The standard InChI is InChI=1S/C77H127N7O15/c1-10-19-34-91-46-59(94-37-22-13-4)43-82-31-28-62(85)68(97-40-25-16-7)65(82)71(88)79-56-75-49-74(55-78)50-76(52-75,57-80-72(89)66-69(98-41-26-17-8)63(86)29-32-83(66)44-60(95-38-23-14-5)47-92-35-20-11-2)54-77(51-74,53-75)58-81-73(90)67-70(99-42-27-18-9)64(87)30-33-84(67)45-61(96-39-24-15-6)48-93-36-21-12-3/h28-33,59-61H,10-27,34-58,78H2,1-9H3,(H,79,88)(H,80,89)(H,81,90). The van der Waals surface area contributed by atoms with Crippen molar-refractivity contribution in [3.8, 4) is 17.2 Å². The number of nitrogens with zero attached hydrogens (tertiary/aromatic N) is 3. The first-order chi connectivity index (χ1) is 48.0. The summed E-state index contributed by atoms with van der Waals surface area (Å²) < 4.78 is 61.9. The molecular weight excluding hydrogens is 1260 g/mol. The van der Waals surface area contributed by atoms with Crippen LogP contribution in [0.2, 0.25) is 0 Å². The van der Waals surface area contributed by atoms with Crippen LogP contribution < -0.4 is 52.2 Å². The van der Waals surface area contributed by atoms with Crippen LogP contribution >= 0.6 is 0 Å². The van der Waals surface area contributed by atoms with Crippen molar-refractivity contribution in [2.75, 3.05) is 105 Å². The summed E-state index contributed by atoms with van der Waals surface area (Å²) in [7, 11) is 0. The third kappa shape index (κ3) is 24.8. The van der Waals surface area contributed by atoms with Crippen LogP contribution in [0, 0.1) is 21.7 Å². The zero-order chi connectivity index (χ0) is 71.5. The third-order valence-electron chi connectivity index (χ3n) is 19.7. The van der Waals surface area contributed by atoms with Crippen LogP contribution in [-0.4, -0.2) is 155 Å². The Morgan fingerprint density at radius 1 is 0.384 bits per heavy atom. The highest BCUT2D eigenvalue weighted by Gasteiger charge is 2.67. The van der Waals surface area contributed by atoms with Crippen LogP contribution in [0.5, 0.6) is 17.2 Å². The van der Waals surface area contributed by atoms with Gasteiger partial charge in [0.15, 0.2) is 34.3 Å². The van der Waals surface area contributed by atoms with Gasteiger partial charge in [0.05, 0.1) is 77.6 Å². The molecule has 560 valence electrons. The molecule has 5 N–H and O–H groups in total. The molecule has 99 heavy (non-hydrogen) atoms. The van der Waals surface area contributed by atoms with Gasteiger partial charge in [-0.1, -0.05) is 120 Å². The number of nitrogens with two attached hydrogens (primary N) is 1. The van der Waals surface area contributed by atoms with Gasteiger partial charge in [0.25, 0.3) is 17.7 Å². The number of carbonyl (C=O) groups excluding carboxylic acids is 3. The van der Waals surface area contributed by atoms with Crippen molar-refractivity contribution in [1.82, 2.24) is 29.7 Å². The molecule has 4 bridgehead atoms. The minimum Gasteiger partial charge on any atom is -0.487 e. The lowest BCUT2D eigenvalue weighted by Crippen LogP contribution is -2.68. The Hall–Kier alpha value is -5.62. The van der Waals surface area contributed by atoms with E-state index in [1.54, 1.807) is 32.3 Å². The number of pyridine rings is 3. The maximum absolute atomic E-state index is 15.5. The number of aromatic nitrogens is 3. The van der Waals surface area contributed by atoms with E-state index in [4.69, 9.17) is 48.4 Å². The van der Waals surface area contributed by atoms with Crippen LogP contribution in [0.15, 0.2) is 51.2 Å². The molecule has 3 amide bonds. The first kappa shape index (κ1) is 82.3. The van der Waals surface area contributed by atoms with Gasteiger partial charge in [-0.3, -0.25) is 28.8 Å². The Morgan fingerprint density at radius 3 is 0.879 bits per heavy atom. The number of unbranched alkanes of at least 4 members (excludes halogenated alkanes) is 9. The van der Waals surface area contributed by atoms with E-state index in [9.17, 15) is 14.4 Å². The summed E-state index contributed by atoms with van der Waals surface area (Å²) in [4.78, 5) is 88.7. The van der Waals surface area contributed by atoms with Crippen LogP contribution in [0.4, 0.5) is 0 Å². The molecule has 3 aromatic heterocycles. The van der Waals surface area contributed by atoms with Crippen LogP contribution in [-0.2, 0) is 48.1 Å². The zero-order valence-electron chi connectivity index (χ0n) is 62.1. The molecule has 0 radical (unpaired) electrons. The molecule has 22 nitrogen and oxygen atoms in total. The average Bonchev–Trinajstić information content (AvgIpc) is 0.688. The van der Waals surface area contributed by atoms with E-state index in [1.807, 2.05) is 20.8 Å². The van der Waals surface area contributed by atoms with Crippen molar-refractivity contribution >= 4 is 17.7 Å². The minimum absolute atomic E-state index is 0.0365. The monoisotopic (exact) mass is 1390 g/mol. The van der Waals surface area contributed by atoms with Crippen LogP contribution in [0.25, 0.3) is 0 Å². The smallest absolute Gasteiger partial charge is 0.271 e. The Kier molecular flexibility index (Phi) is 36.1. The molecule has 7 rings (SSSR count). The molecule has 0 spiro atoms. The van der Waals surface area contributed by atoms with Gasteiger partial charge >= 0.3 is 0 Å². The normalized spacial score (nSPS) is 20.2. The van der Waals surface area contributed by atoms with Crippen molar-refractivity contribution in [1.29, 1.82) is 0 Å². The Morgan fingerprint density at radius 2 is 0.626 bits per heavy atom. The summed E-state index contributed by atoms with van der Waals surface area (Å²) in [6.45, 7) is 24.9. The van der Waals surface area contributed by atoms with Gasteiger partial charge in [-0.2, -0.15) is 0 Å². The summed E-state index contributed by atoms with van der Waals surface area (Å²) in [5.74, 6) is -1.58. The number of hydrogen-bond acceptors (Lipinski definition) is 16. The summed E-state index contributed by atoms with van der Waals surface area (Å²) in [5.41, 5.74) is 3.59. The van der Waals surface area contributed by atoms with Crippen molar-refractivity contribution in [3.63, 3.8) is 0 Å². The van der Waals surface area contributed by atoms with Crippen molar-refractivity contribution in [2.45, 2.75) is 254 Å². The molecule has 0 aromatic carbocycles. The summed E-state index contributed by atoms with van der Waals surface area (Å²) in [6, 6.07) is 4.32. The fourth-order valence-corrected chi connectivity index (χ4v) is 15.2. The second-order valence-electron chi connectivity index (χ2n) is 28.8. The summed E-state index contributed by atoms with van der Waals surface area (Å²) >= 11 is 0. The van der Waals surface area contributed by atoms with Crippen molar-refractivity contribution < 1.29 is 57.0 Å². The van der Waals surface area contributed by atoms with Gasteiger partial charge in [-0.15, -0.1) is 0 Å². The van der Waals surface area contributed by atoms with Gasteiger partial charge < -0.3 is 78.0 Å². The van der Waals surface area contributed by atoms with Crippen molar-refractivity contribution in [3.05, 3.63) is 84.5 Å². The van der Waals surface area contributed by atoms with Gasteiger partial charge in [-0.25, -0.2) is 0 Å². The lowest BCUT2D eigenvalue weighted by atomic mass is 9.35. The first-order valence-electron chi connectivity index (χ1n) is 38.2. The molecular formula is C77H127N7O15. The van der Waals surface area contributed by atoms with Gasteiger partial charge in [0, 0.05) is 96.1 Å². The number of amides is 3. The Balaban J connectivity index is 1.45. The van der Waals surface area contributed by atoms with E-state index in [-0.39, 0.29) is 100.0 Å². The lowest BCUT2D eigenvalue weighted by Gasteiger charge is -2.71. The predicted molar refractivity (Wildman–Crippen MR) is 388 cm³/mol. The molecule has 3 heterocycles. The third-order valence-corrected chi connectivity index (χ3v) is 19.7. The predicted octanol–water partition coefficient (Wildman–Crippen LogP) is 11.6. The van der Waals surface area contributed by atoms with Crippen LogP contribution in [0.1, 0.15) is 248 Å². The van der Waals surface area contributed by atoms with Gasteiger partial charge in [0.2, 0.25) is 16.3 Å². The highest BCUT2D eigenvalue weighted by Crippen LogP contribution is 2.73. The molecule has 3 atom stereocenters. The highest BCUT2D eigenvalue weighted by molar-refractivity contribution is 5.96. The highest BCUT2D eigenvalue weighted by atomic mass is 16.5. The molecule has 3 aromatic rings. The molecule has 4 fully saturated rings. The number of nitrogens with one attached hydrogen (secondary N) is 3. The fraction of sp³-hybridized carbons (Fsp3) is 0.766. The van der Waals surface area contributed by atoms with E-state index in [0.717, 1.165) is 96.3 Å². The minimum atomic E-state index is -0.671. The molecule has 4 saturated carbocycles. The Labute approximate surface area is 590 Å².